The van der Waals surface area contributed by atoms with Gasteiger partial charge in [-0.15, -0.1) is 0 Å². The Morgan fingerprint density at radius 2 is 1.68 bits per heavy atom. The highest BCUT2D eigenvalue weighted by atomic mass is 16.4. The third-order valence-corrected chi connectivity index (χ3v) is 2.85. The Kier molecular flexibility index (Phi) is 9.72. The Bertz CT molecular complexity index is 250. The van der Waals surface area contributed by atoms with E-state index in [1.807, 2.05) is 0 Å². The molecule has 6 N–H and O–H groups in total. The Balaban J connectivity index is 4.03. The van der Waals surface area contributed by atoms with Crippen molar-refractivity contribution in [3.05, 3.63) is 0 Å². The first-order valence-corrected chi connectivity index (χ1v) is 6.56. The number of carbonyl (C=O) groups is 1. The maximum Gasteiger partial charge on any atom is 0.251 e. The van der Waals surface area contributed by atoms with Crippen LogP contribution in [0.25, 0.3) is 0 Å². The van der Waals surface area contributed by atoms with E-state index >= 15 is 0 Å². The molecule has 4 atom stereocenters. The molecule has 0 spiro atoms. The van der Waals surface area contributed by atoms with Crippen LogP contribution in [0, 0.1) is 0 Å². The summed E-state index contributed by atoms with van der Waals surface area (Å²) in [5.74, 6) is -0.812. The fraction of sp³-hybridized carbons (Fsp3) is 0.917. The summed E-state index contributed by atoms with van der Waals surface area (Å²) in [7, 11) is 0. The van der Waals surface area contributed by atoms with Crippen LogP contribution in [-0.2, 0) is 4.79 Å². The van der Waals surface area contributed by atoms with Gasteiger partial charge in [0.15, 0.2) is 6.10 Å². The van der Waals surface area contributed by atoms with Gasteiger partial charge in [0.2, 0.25) is 0 Å². The molecule has 0 aromatic rings. The van der Waals surface area contributed by atoms with E-state index in [0.717, 1.165) is 25.7 Å². The Morgan fingerprint density at radius 1 is 1.05 bits per heavy atom. The molecule has 0 saturated carbocycles. The van der Waals surface area contributed by atoms with Crippen LogP contribution in [0.4, 0.5) is 0 Å². The lowest BCUT2D eigenvalue weighted by atomic mass is 10.0. The second kappa shape index (κ2) is 10.1. The molecule has 0 aliphatic rings. The standard InChI is InChI=1S/C12H25NO6/c1-2-3-4-5-6-13-12(19)11(18)10(17)9(16)8(15)7-14/h8-11,14-18H,2-7H2,1H3,(H,13,19)/t8-,9-,10+,11-/m0/s1. The van der Waals surface area contributed by atoms with E-state index in [2.05, 4.69) is 12.2 Å². The van der Waals surface area contributed by atoms with Crippen LogP contribution in [0.1, 0.15) is 32.6 Å². The van der Waals surface area contributed by atoms with E-state index in [-0.39, 0.29) is 0 Å². The summed E-state index contributed by atoms with van der Waals surface area (Å²) in [6.07, 6.45) is -3.23. The highest BCUT2D eigenvalue weighted by Gasteiger charge is 2.33. The normalized spacial score (nSPS) is 17.6. The van der Waals surface area contributed by atoms with Gasteiger partial charge < -0.3 is 30.8 Å². The number of nitrogens with one attached hydrogen (secondary N) is 1. The summed E-state index contributed by atoms with van der Waals surface area (Å²) >= 11 is 0. The monoisotopic (exact) mass is 279 g/mol. The molecule has 0 heterocycles. The van der Waals surface area contributed by atoms with Gasteiger partial charge >= 0.3 is 0 Å². The van der Waals surface area contributed by atoms with Crippen LogP contribution >= 0.6 is 0 Å². The van der Waals surface area contributed by atoms with Gasteiger partial charge in [-0.3, -0.25) is 4.79 Å². The number of aliphatic hydroxyl groups is 5. The third kappa shape index (κ3) is 6.84. The maximum absolute atomic E-state index is 11.5. The first-order valence-electron chi connectivity index (χ1n) is 6.56. The van der Waals surface area contributed by atoms with Crippen molar-refractivity contribution in [2.24, 2.45) is 0 Å². The van der Waals surface area contributed by atoms with Crippen LogP contribution in [0.15, 0.2) is 0 Å². The minimum absolute atomic E-state index is 0.376. The molecular weight excluding hydrogens is 254 g/mol. The zero-order chi connectivity index (χ0) is 14.8. The molecule has 0 aliphatic heterocycles. The van der Waals surface area contributed by atoms with Crippen LogP contribution < -0.4 is 5.32 Å². The zero-order valence-corrected chi connectivity index (χ0v) is 11.2. The summed E-state index contributed by atoms with van der Waals surface area (Å²) in [5, 5.41) is 48.4. The fourth-order valence-electron chi connectivity index (χ4n) is 1.55. The van der Waals surface area contributed by atoms with E-state index in [9.17, 15) is 20.1 Å². The van der Waals surface area contributed by atoms with Crippen LogP contribution in [-0.4, -0.2) is 69.0 Å². The van der Waals surface area contributed by atoms with E-state index in [1.165, 1.54) is 0 Å². The minimum Gasteiger partial charge on any atom is -0.394 e. The van der Waals surface area contributed by atoms with Crippen molar-refractivity contribution in [3.8, 4) is 0 Å². The van der Waals surface area contributed by atoms with Crippen LogP contribution in [0.5, 0.6) is 0 Å². The van der Waals surface area contributed by atoms with E-state index in [0.29, 0.717) is 6.54 Å². The van der Waals surface area contributed by atoms with Gasteiger partial charge in [0.1, 0.15) is 18.3 Å². The average Bonchev–Trinajstić information content (AvgIpc) is 2.43. The van der Waals surface area contributed by atoms with Crippen molar-refractivity contribution in [1.82, 2.24) is 5.32 Å². The molecule has 0 aromatic heterocycles. The average molecular weight is 279 g/mol. The van der Waals surface area contributed by atoms with E-state index in [4.69, 9.17) is 10.2 Å². The Morgan fingerprint density at radius 3 is 2.21 bits per heavy atom. The molecule has 0 rings (SSSR count). The summed E-state index contributed by atoms with van der Waals surface area (Å²) < 4.78 is 0. The van der Waals surface area contributed by atoms with Crippen molar-refractivity contribution in [3.63, 3.8) is 0 Å². The number of hydrogen-bond donors (Lipinski definition) is 6. The highest BCUT2D eigenvalue weighted by molar-refractivity contribution is 5.81. The highest BCUT2D eigenvalue weighted by Crippen LogP contribution is 2.05. The lowest BCUT2D eigenvalue weighted by Crippen LogP contribution is -2.51. The molecular formula is C12H25NO6. The first-order chi connectivity index (χ1) is 8.95. The van der Waals surface area contributed by atoms with E-state index < -0.39 is 36.9 Å². The van der Waals surface area contributed by atoms with Crippen molar-refractivity contribution in [2.45, 2.75) is 57.0 Å². The quantitative estimate of drug-likeness (QED) is 0.260. The number of unbranched alkanes of at least 4 members (excludes halogenated alkanes) is 3. The van der Waals surface area contributed by atoms with Gasteiger partial charge in [0, 0.05) is 6.54 Å². The topological polar surface area (TPSA) is 130 Å². The summed E-state index contributed by atoms with van der Waals surface area (Å²) in [6, 6.07) is 0. The molecule has 19 heavy (non-hydrogen) atoms. The van der Waals surface area contributed by atoms with Crippen molar-refractivity contribution < 1.29 is 30.3 Å². The van der Waals surface area contributed by atoms with Gasteiger partial charge in [-0.05, 0) is 6.42 Å². The van der Waals surface area contributed by atoms with Gasteiger partial charge in [0.05, 0.1) is 6.61 Å². The summed E-state index contributed by atoms with van der Waals surface area (Å²) in [6.45, 7) is 1.66. The molecule has 0 aliphatic carbocycles. The molecule has 7 nitrogen and oxygen atoms in total. The van der Waals surface area contributed by atoms with Crippen molar-refractivity contribution in [2.75, 3.05) is 13.2 Å². The minimum atomic E-state index is -1.85. The Hall–Kier alpha value is -0.730. The molecule has 0 saturated heterocycles. The second-order valence-electron chi connectivity index (χ2n) is 4.53. The summed E-state index contributed by atoms with van der Waals surface area (Å²) in [4.78, 5) is 11.5. The molecule has 0 radical (unpaired) electrons. The SMILES string of the molecule is CCCCCCNC(=O)[C@@H](O)[C@H](O)[C@@H](O)[C@@H](O)CO. The number of carbonyl (C=O) groups excluding carboxylic acids is 1. The van der Waals surface area contributed by atoms with Crippen molar-refractivity contribution >= 4 is 5.91 Å². The molecule has 1 amide bonds. The smallest absolute Gasteiger partial charge is 0.251 e. The van der Waals surface area contributed by atoms with Crippen LogP contribution in [0.2, 0.25) is 0 Å². The maximum atomic E-state index is 11.5. The molecule has 0 unspecified atom stereocenters. The van der Waals surface area contributed by atoms with Gasteiger partial charge in [-0.1, -0.05) is 26.2 Å². The van der Waals surface area contributed by atoms with Gasteiger partial charge in [-0.2, -0.15) is 0 Å². The Labute approximate surface area is 112 Å². The number of amides is 1. The molecule has 0 aromatic carbocycles. The first kappa shape index (κ1) is 18.3. The van der Waals surface area contributed by atoms with Gasteiger partial charge in [0.25, 0.3) is 5.91 Å². The third-order valence-electron chi connectivity index (χ3n) is 2.85. The van der Waals surface area contributed by atoms with E-state index in [1.54, 1.807) is 0 Å². The largest absolute Gasteiger partial charge is 0.394 e. The fourth-order valence-corrected chi connectivity index (χ4v) is 1.55. The van der Waals surface area contributed by atoms with Gasteiger partial charge in [-0.25, -0.2) is 0 Å². The number of rotatable bonds is 10. The number of hydrogen-bond acceptors (Lipinski definition) is 6. The lowest BCUT2D eigenvalue weighted by Gasteiger charge is -2.24. The second-order valence-corrected chi connectivity index (χ2v) is 4.53. The zero-order valence-electron chi connectivity index (χ0n) is 11.2. The van der Waals surface area contributed by atoms with Crippen LogP contribution in [0.3, 0.4) is 0 Å². The molecule has 7 heteroatoms. The summed E-state index contributed by atoms with van der Waals surface area (Å²) in [5.41, 5.74) is 0. The molecule has 0 bridgehead atoms. The predicted octanol–water partition coefficient (Wildman–Crippen LogP) is -1.88. The molecule has 0 fully saturated rings. The van der Waals surface area contributed by atoms with Crippen molar-refractivity contribution in [1.29, 1.82) is 0 Å². The lowest BCUT2D eigenvalue weighted by molar-refractivity contribution is -0.148. The number of aliphatic hydroxyl groups excluding tert-OH is 5. The molecule has 114 valence electrons. The predicted molar refractivity (Wildman–Crippen MR) is 68.3 cm³/mol.